The predicted octanol–water partition coefficient (Wildman–Crippen LogP) is 1.69. The van der Waals surface area contributed by atoms with E-state index < -0.39 is 0 Å². The van der Waals surface area contributed by atoms with Crippen LogP contribution in [0.1, 0.15) is 16.2 Å². The van der Waals surface area contributed by atoms with Gasteiger partial charge >= 0.3 is 0 Å². The minimum atomic E-state index is -0.324. The van der Waals surface area contributed by atoms with Crippen molar-refractivity contribution in [2.45, 2.75) is 6.92 Å². The van der Waals surface area contributed by atoms with Gasteiger partial charge in [0.1, 0.15) is 11.6 Å². The molecule has 1 amide bonds. The van der Waals surface area contributed by atoms with E-state index >= 15 is 0 Å². The van der Waals surface area contributed by atoms with E-state index in [2.05, 4.69) is 14.7 Å². The van der Waals surface area contributed by atoms with Gasteiger partial charge in [0.05, 0.1) is 12.7 Å². The van der Waals surface area contributed by atoms with E-state index in [1.165, 1.54) is 7.11 Å². The summed E-state index contributed by atoms with van der Waals surface area (Å²) in [5.41, 5.74) is 6.52. The van der Waals surface area contributed by atoms with E-state index in [9.17, 15) is 4.79 Å². The van der Waals surface area contributed by atoms with Crippen molar-refractivity contribution in [1.29, 1.82) is 0 Å². The number of carbonyl (C=O) groups is 1. The first-order valence-corrected chi connectivity index (χ1v) is 5.92. The number of ether oxygens (including phenoxy) is 1. The maximum atomic E-state index is 12.0. The highest BCUT2D eigenvalue weighted by Crippen LogP contribution is 2.22. The van der Waals surface area contributed by atoms with Gasteiger partial charge in [-0.2, -0.15) is 4.37 Å². The van der Waals surface area contributed by atoms with E-state index in [0.717, 1.165) is 11.5 Å². The molecule has 3 N–H and O–H groups in total. The summed E-state index contributed by atoms with van der Waals surface area (Å²) in [6.45, 7) is 1.76. The molecule has 0 aliphatic heterocycles. The summed E-state index contributed by atoms with van der Waals surface area (Å²) >= 11 is 1.13. The highest BCUT2D eigenvalue weighted by Gasteiger charge is 2.14. The molecular formula is C11H12N4O2S. The molecule has 7 heteroatoms. The number of methoxy groups -OCH3 is 1. The van der Waals surface area contributed by atoms with Gasteiger partial charge < -0.3 is 10.5 Å². The van der Waals surface area contributed by atoms with Gasteiger partial charge in [0.15, 0.2) is 0 Å². The average Bonchev–Trinajstić information content (AvgIpc) is 2.74. The molecule has 0 aliphatic carbocycles. The monoisotopic (exact) mass is 264 g/mol. The SMILES string of the molecule is COc1ccc(N)cc1C(=O)Nc1nc(C)ns1. The van der Waals surface area contributed by atoms with Crippen LogP contribution in [0.5, 0.6) is 5.75 Å². The molecular weight excluding hydrogens is 252 g/mol. The number of carbonyl (C=O) groups excluding carboxylic acids is 1. The highest BCUT2D eigenvalue weighted by atomic mass is 32.1. The summed E-state index contributed by atoms with van der Waals surface area (Å²) in [6.07, 6.45) is 0. The molecule has 0 unspecified atom stereocenters. The van der Waals surface area contributed by atoms with Gasteiger partial charge in [0.25, 0.3) is 5.91 Å². The van der Waals surface area contributed by atoms with Crippen LogP contribution in [0.2, 0.25) is 0 Å². The summed E-state index contributed by atoms with van der Waals surface area (Å²) in [4.78, 5) is 16.1. The van der Waals surface area contributed by atoms with Crippen molar-refractivity contribution in [3.8, 4) is 5.75 Å². The van der Waals surface area contributed by atoms with Crippen molar-refractivity contribution < 1.29 is 9.53 Å². The minimum Gasteiger partial charge on any atom is -0.496 e. The Kier molecular flexibility index (Phi) is 3.42. The predicted molar refractivity (Wildman–Crippen MR) is 70.0 cm³/mol. The van der Waals surface area contributed by atoms with Crippen LogP contribution in [-0.2, 0) is 0 Å². The van der Waals surface area contributed by atoms with Crippen LogP contribution < -0.4 is 15.8 Å². The molecule has 2 aromatic rings. The second-order valence-corrected chi connectivity index (χ2v) is 4.31. The van der Waals surface area contributed by atoms with Crippen molar-refractivity contribution in [1.82, 2.24) is 9.36 Å². The van der Waals surface area contributed by atoms with E-state index in [4.69, 9.17) is 10.5 Å². The number of nitrogens with zero attached hydrogens (tertiary/aromatic N) is 2. The molecule has 0 saturated heterocycles. The minimum absolute atomic E-state index is 0.324. The molecule has 1 aromatic carbocycles. The zero-order chi connectivity index (χ0) is 13.1. The molecule has 0 radical (unpaired) electrons. The first kappa shape index (κ1) is 12.3. The smallest absolute Gasteiger partial charge is 0.261 e. The third-order valence-electron chi connectivity index (χ3n) is 2.22. The number of nitrogens with one attached hydrogen (secondary N) is 1. The number of aromatic nitrogens is 2. The molecule has 0 fully saturated rings. The Morgan fingerprint density at radius 2 is 2.28 bits per heavy atom. The van der Waals surface area contributed by atoms with Crippen LogP contribution in [0.15, 0.2) is 18.2 Å². The molecule has 1 aromatic heterocycles. The van der Waals surface area contributed by atoms with Crippen LogP contribution in [0.3, 0.4) is 0 Å². The van der Waals surface area contributed by atoms with Crippen LogP contribution in [0.25, 0.3) is 0 Å². The Morgan fingerprint density at radius 1 is 1.50 bits per heavy atom. The lowest BCUT2D eigenvalue weighted by Crippen LogP contribution is -2.13. The topological polar surface area (TPSA) is 90.1 Å². The van der Waals surface area contributed by atoms with E-state index in [1.54, 1.807) is 25.1 Å². The molecule has 1 heterocycles. The molecule has 0 bridgehead atoms. The highest BCUT2D eigenvalue weighted by molar-refractivity contribution is 7.09. The van der Waals surface area contributed by atoms with Crippen LogP contribution in [-0.4, -0.2) is 22.4 Å². The van der Waals surface area contributed by atoms with Crippen LogP contribution in [0.4, 0.5) is 10.8 Å². The van der Waals surface area contributed by atoms with Gasteiger partial charge in [-0.3, -0.25) is 10.1 Å². The number of benzene rings is 1. The van der Waals surface area contributed by atoms with Gasteiger partial charge in [-0.05, 0) is 25.1 Å². The Morgan fingerprint density at radius 3 is 2.89 bits per heavy atom. The van der Waals surface area contributed by atoms with Gasteiger partial charge in [0.2, 0.25) is 5.13 Å². The molecule has 2 rings (SSSR count). The number of hydrogen-bond acceptors (Lipinski definition) is 6. The molecule has 94 valence electrons. The van der Waals surface area contributed by atoms with Gasteiger partial charge in [-0.15, -0.1) is 0 Å². The summed E-state index contributed by atoms with van der Waals surface area (Å²) in [5.74, 6) is 0.757. The number of nitrogens with two attached hydrogens (primary N) is 1. The standard InChI is InChI=1S/C11H12N4O2S/c1-6-13-11(18-15-6)14-10(16)8-5-7(12)3-4-9(8)17-2/h3-5H,12H2,1-2H3,(H,13,14,15,16). The quantitative estimate of drug-likeness (QED) is 0.823. The lowest BCUT2D eigenvalue weighted by Gasteiger charge is -2.08. The lowest BCUT2D eigenvalue weighted by atomic mass is 10.1. The fraction of sp³-hybridized carbons (Fsp3) is 0.182. The second-order valence-electron chi connectivity index (χ2n) is 3.56. The lowest BCUT2D eigenvalue weighted by molar-refractivity contribution is 0.102. The summed E-state index contributed by atoms with van der Waals surface area (Å²) in [7, 11) is 1.50. The molecule has 6 nitrogen and oxygen atoms in total. The van der Waals surface area contributed by atoms with Crippen molar-refractivity contribution in [3.05, 3.63) is 29.6 Å². The fourth-order valence-electron chi connectivity index (χ4n) is 1.42. The van der Waals surface area contributed by atoms with Crippen molar-refractivity contribution in [2.24, 2.45) is 0 Å². The third-order valence-corrected chi connectivity index (χ3v) is 2.94. The van der Waals surface area contributed by atoms with Crippen LogP contribution >= 0.6 is 11.5 Å². The zero-order valence-corrected chi connectivity index (χ0v) is 10.7. The Hall–Kier alpha value is -2.15. The first-order valence-electron chi connectivity index (χ1n) is 5.15. The Balaban J connectivity index is 2.25. The number of rotatable bonds is 3. The molecule has 0 aliphatic rings. The first-order chi connectivity index (χ1) is 8.60. The molecule has 18 heavy (non-hydrogen) atoms. The van der Waals surface area contributed by atoms with Crippen LogP contribution in [0, 0.1) is 6.92 Å². The van der Waals surface area contributed by atoms with E-state index in [-0.39, 0.29) is 5.91 Å². The molecule has 0 spiro atoms. The van der Waals surface area contributed by atoms with Gasteiger partial charge in [-0.1, -0.05) is 0 Å². The number of hydrogen-bond donors (Lipinski definition) is 2. The van der Waals surface area contributed by atoms with Crippen molar-refractivity contribution >= 4 is 28.3 Å². The second kappa shape index (κ2) is 5.01. The molecule has 0 saturated carbocycles. The Bertz CT molecular complexity index is 582. The fourth-order valence-corrected chi connectivity index (χ4v) is 1.99. The zero-order valence-electron chi connectivity index (χ0n) is 9.93. The molecule has 0 atom stereocenters. The number of amides is 1. The third kappa shape index (κ3) is 2.57. The van der Waals surface area contributed by atoms with Crippen molar-refractivity contribution in [3.63, 3.8) is 0 Å². The maximum Gasteiger partial charge on any atom is 0.261 e. The van der Waals surface area contributed by atoms with Crippen molar-refractivity contribution in [2.75, 3.05) is 18.2 Å². The normalized spacial score (nSPS) is 10.1. The van der Waals surface area contributed by atoms with E-state index in [1.807, 2.05) is 0 Å². The summed E-state index contributed by atoms with van der Waals surface area (Å²) in [6, 6.07) is 4.88. The summed E-state index contributed by atoms with van der Waals surface area (Å²) in [5, 5.41) is 3.10. The number of nitrogen functional groups attached to an aromatic ring is 1. The summed E-state index contributed by atoms with van der Waals surface area (Å²) < 4.78 is 9.10. The average molecular weight is 264 g/mol. The number of anilines is 2. The van der Waals surface area contributed by atoms with Gasteiger partial charge in [0, 0.05) is 17.2 Å². The van der Waals surface area contributed by atoms with Gasteiger partial charge in [-0.25, -0.2) is 4.98 Å². The number of aryl methyl sites for hydroxylation is 1. The maximum absolute atomic E-state index is 12.0. The Labute approximate surface area is 108 Å². The largest absolute Gasteiger partial charge is 0.496 e. The van der Waals surface area contributed by atoms with E-state index in [0.29, 0.717) is 28.0 Å².